The molecule has 0 aromatic heterocycles. The molecule has 0 radical (unpaired) electrons. The van der Waals surface area contributed by atoms with Crippen LogP contribution in [0.25, 0.3) is 0 Å². The number of amides is 3. The SMILES string of the molecule is CSCCC(NC(=O)OC(C)(C)C)C(=O)N(C(C(=O)NC(C)C)c1ccccc1O)C(C)(C)C. The van der Waals surface area contributed by atoms with E-state index in [2.05, 4.69) is 10.6 Å². The molecular formula is C25H41N3O5S. The number of nitrogens with zero attached hydrogens (tertiary/aromatic N) is 1. The third kappa shape index (κ3) is 9.08. The first-order chi connectivity index (χ1) is 15.6. The monoisotopic (exact) mass is 495 g/mol. The number of phenols is 1. The van der Waals surface area contributed by atoms with E-state index in [-0.39, 0.29) is 11.8 Å². The molecular weight excluding hydrogens is 454 g/mol. The molecule has 1 aromatic carbocycles. The number of para-hydroxylation sites is 1. The number of nitrogens with one attached hydrogen (secondary N) is 2. The first-order valence-electron chi connectivity index (χ1n) is 11.5. The lowest BCUT2D eigenvalue weighted by Gasteiger charge is -2.43. The quantitative estimate of drug-likeness (QED) is 0.473. The second-order valence-electron chi connectivity index (χ2n) is 10.5. The Kier molecular flexibility index (Phi) is 10.7. The van der Waals surface area contributed by atoms with E-state index in [9.17, 15) is 19.5 Å². The second-order valence-corrected chi connectivity index (χ2v) is 11.5. The van der Waals surface area contributed by atoms with Crippen LogP contribution in [-0.2, 0) is 14.3 Å². The van der Waals surface area contributed by atoms with Gasteiger partial charge in [0.2, 0.25) is 11.8 Å². The van der Waals surface area contributed by atoms with Gasteiger partial charge in [-0.2, -0.15) is 11.8 Å². The number of benzene rings is 1. The Bertz CT molecular complexity index is 846. The van der Waals surface area contributed by atoms with Crippen LogP contribution in [0.3, 0.4) is 0 Å². The average molecular weight is 496 g/mol. The van der Waals surface area contributed by atoms with Gasteiger partial charge in [0, 0.05) is 17.1 Å². The van der Waals surface area contributed by atoms with E-state index in [1.54, 1.807) is 50.7 Å². The number of phenolic OH excluding ortho intramolecular Hbond substituents is 1. The minimum atomic E-state index is -1.10. The van der Waals surface area contributed by atoms with Crippen LogP contribution in [0, 0.1) is 0 Å². The van der Waals surface area contributed by atoms with Crippen LogP contribution in [0.2, 0.25) is 0 Å². The van der Waals surface area contributed by atoms with Crippen LogP contribution < -0.4 is 10.6 Å². The van der Waals surface area contributed by atoms with Crippen molar-refractivity contribution in [1.29, 1.82) is 0 Å². The van der Waals surface area contributed by atoms with Crippen molar-refractivity contribution < 1.29 is 24.2 Å². The van der Waals surface area contributed by atoms with Gasteiger partial charge in [0.05, 0.1) is 0 Å². The summed E-state index contributed by atoms with van der Waals surface area (Å²) in [6, 6.07) is 4.29. The van der Waals surface area contributed by atoms with Crippen LogP contribution in [-0.4, -0.2) is 63.1 Å². The summed E-state index contributed by atoms with van der Waals surface area (Å²) < 4.78 is 5.38. The van der Waals surface area contributed by atoms with Crippen molar-refractivity contribution in [3.8, 4) is 5.75 Å². The van der Waals surface area contributed by atoms with Crippen molar-refractivity contribution >= 4 is 29.7 Å². The lowest BCUT2D eigenvalue weighted by Crippen LogP contribution is -2.59. The maximum atomic E-state index is 14.0. The summed E-state index contributed by atoms with van der Waals surface area (Å²) in [5.74, 6) is -0.321. The van der Waals surface area contributed by atoms with Crippen LogP contribution >= 0.6 is 11.8 Å². The molecule has 0 saturated carbocycles. The minimum Gasteiger partial charge on any atom is -0.508 e. The Labute approximate surface area is 208 Å². The highest BCUT2D eigenvalue weighted by Crippen LogP contribution is 2.34. The molecule has 0 bridgehead atoms. The van der Waals surface area contributed by atoms with E-state index in [0.717, 1.165) is 0 Å². The molecule has 3 amide bonds. The molecule has 0 fully saturated rings. The van der Waals surface area contributed by atoms with E-state index in [1.165, 1.54) is 11.0 Å². The molecule has 0 aliphatic rings. The van der Waals surface area contributed by atoms with E-state index in [0.29, 0.717) is 17.7 Å². The van der Waals surface area contributed by atoms with Gasteiger partial charge in [0.25, 0.3) is 0 Å². The number of alkyl carbamates (subject to hydrolysis) is 1. The number of aromatic hydroxyl groups is 1. The van der Waals surface area contributed by atoms with E-state index in [1.807, 2.05) is 40.9 Å². The number of carbonyl (C=O) groups excluding carboxylic acids is 3. The lowest BCUT2D eigenvalue weighted by molar-refractivity contribution is -0.148. The molecule has 1 rings (SSSR count). The summed E-state index contributed by atoms with van der Waals surface area (Å²) in [7, 11) is 0. The van der Waals surface area contributed by atoms with Crippen molar-refractivity contribution in [3.63, 3.8) is 0 Å². The van der Waals surface area contributed by atoms with Gasteiger partial charge in [0.15, 0.2) is 0 Å². The number of hydrogen-bond donors (Lipinski definition) is 3. The molecule has 3 N–H and O–H groups in total. The highest BCUT2D eigenvalue weighted by Gasteiger charge is 2.42. The topological polar surface area (TPSA) is 108 Å². The van der Waals surface area contributed by atoms with Crippen molar-refractivity contribution in [2.24, 2.45) is 0 Å². The van der Waals surface area contributed by atoms with Crippen molar-refractivity contribution in [2.45, 2.75) is 91.1 Å². The van der Waals surface area contributed by atoms with Gasteiger partial charge < -0.3 is 25.4 Å². The van der Waals surface area contributed by atoms with Crippen LogP contribution in [0.15, 0.2) is 24.3 Å². The fourth-order valence-electron chi connectivity index (χ4n) is 3.44. The zero-order chi connectivity index (χ0) is 26.3. The highest BCUT2D eigenvalue weighted by atomic mass is 32.2. The Morgan fingerprint density at radius 3 is 2.12 bits per heavy atom. The molecule has 1 aromatic rings. The predicted molar refractivity (Wildman–Crippen MR) is 137 cm³/mol. The summed E-state index contributed by atoms with van der Waals surface area (Å²) in [5, 5.41) is 16.2. The van der Waals surface area contributed by atoms with Crippen molar-refractivity contribution in [1.82, 2.24) is 15.5 Å². The summed E-state index contributed by atoms with van der Waals surface area (Å²) in [6.07, 6.45) is 1.56. The Morgan fingerprint density at radius 2 is 1.65 bits per heavy atom. The number of thioether (sulfide) groups is 1. The minimum absolute atomic E-state index is 0.0887. The predicted octanol–water partition coefficient (Wildman–Crippen LogP) is 4.23. The number of rotatable bonds is 9. The third-order valence-electron chi connectivity index (χ3n) is 4.73. The van der Waals surface area contributed by atoms with E-state index < -0.39 is 41.1 Å². The van der Waals surface area contributed by atoms with E-state index in [4.69, 9.17) is 4.74 Å². The zero-order valence-corrected chi connectivity index (χ0v) is 22.7. The molecule has 2 unspecified atom stereocenters. The Morgan fingerprint density at radius 1 is 1.06 bits per heavy atom. The summed E-state index contributed by atoms with van der Waals surface area (Å²) in [4.78, 5) is 41.4. The van der Waals surface area contributed by atoms with Crippen molar-refractivity contribution in [2.75, 3.05) is 12.0 Å². The number of ether oxygens (including phenoxy) is 1. The van der Waals surface area contributed by atoms with Gasteiger partial charge in [0.1, 0.15) is 23.4 Å². The van der Waals surface area contributed by atoms with E-state index >= 15 is 0 Å². The molecule has 34 heavy (non-hydrogen) atoms. The fourth-order valence-corrected chi connectivity index (χ4v) is 3.91. The molecule has 192 valence electrons. The molecule has 0 spiro atoms. The third-order valence-corrected chi connectivity index (χ3v) is 5.37. The zero-order valence-electron chi connectivity index (χ0n) is 21.9. The normalized spacial score (nSPS) is 13.7. The number of carbonyl (C=O) groups is 3. The van der Waals surface area contributed by atoms with Crippen LogP contribution in [0.1, 0.15) is 73.4 Å². The van der Waals surface area contributed by atoms with Gasteiger partial charge in [-0.15, -0.1) is 0 Å². The molecule has 0 saturated heterocycles. The molecule has 0 heterocycles. The Hall–Kier alpha value is -2.42. The second kappa shape index (κ2) is 12.3. The first kappa shape index (κ1) is 29.6. The molecule has 0 aliphatic carbocycles. The lowest BCUT2D eigenvalue weighted by atomic mass is 9.94. The average Bonchev–Trinajstić information content (AvgIpc) is 2.66. The molecule has 0 aliphatic heterocycles. The molecule has 8 nitrogen and oxygen atoms in total. The summed E-state index contributed by atoms with van der Waals surface area (Å²) in [6.45, 7) is 14.4. The van der Waals surface area contributed by atoms with Crippen LogP contribution in [0.4, 0.5) is 4.79 Å². The highest BCUT2D eigenvalue weighted by molar-refractivity contribution is 7.98. The maximum Gasteiger partial charge on any atom is 0.408 e. The smallest absolute Gasteiger partial charge is 0.408 e. The van der Waals surface area contributed by atoms with Gasteiger partial charge >= 0.3 is 6.09 Å². The van der Waals surface area contributed by atoms with Gasteiger partial charge in [-0.1, -0.05) is 18.2 Å². The summed E-state index contributed by atoms with van der Waals surface area (Å²) in [5.41, 5.74) is -1.23. The van der Waals surface area contributed by atoms with Gasteiger partial charge in [-0.25, -0.2) is 4.79 Å². The molecule has 9 heteroatoms. The largest absolute Gasteiger partial charge is 0.508 e. The van der Waals surface area contributed by atoms with Gasteiger partial charge in [-0.3, -0.25) is 9.59 Å². The number of hydrogen-bond acceptors (Lipinski definition) is 6. The van der Waals surface area contributed by atoms with Gasteiger partial charge in [-0.05, 0) is 79.9 Å². The standard InChI is InChI=1S/C25H41N3O5S/c1-16(2)26-21(30)20(17-12-10-11-13-19(17)29)28(24(3,4)5)22(31)18(14-15-34-9)27-23(32)33-25(6,7)8/h10-13,16,18,20,29H,14-15H2,1-9H3,(H,26,30)(H,27,32). The molecule has 2 atom stereocenters. The maximum absolute atomic E-state index is 14.0. The fraction of sp³-hybridized carbons (Fsp3) is 0.640. The first-order valence-corrected chi connectivity index (χ1v) is 12.9. The van der Waals surface area contributed by atoms with Crippen LogP contribution in [0.5, 0.6) is 5.75 Å². The summed E-state index contributed by atoms with van der Waals surface area (Å²) >= 11 is 1.55. The van der Waals surface area contributed by atoms with Crippen molar-refractivity contribution in [3.05, 3.63) is 29.8 Å². The Balaban J connectivity index is 3.54.